The number of morpholine rings is 1. The fraction of sp³-hybridized carbons (Fsp3) is 0.462. The molecule has 0 radical (unpaired) electrons. The third kappa shape index (κ3) is 1.89. The lowest BCUT2D eigenvalue weighted by Crippen LogP contribution is -2.41. The molecule has 0 spiro atoms. The molecule has 4 heteroatoms. The van der Waals surface area contributed by atoms with E-state index in [-0.39, 0.29) is 18.1 Å². The zero-order valence-corrected chi connectivity index (χ0v) is 11.2. The number of carbonyl (C=O) groups is 1. The van der Waals surface area contributed by atoms with Crippen LogP contribution in [0.25, 0.3) is 0 Å². The summed E-state index contributed by atoms with van der Waals surface area (Å²) in [7, 11) is 0. The lowest BCUT2D eigenvalue weighted by atomic mass is 10.1. The average Bonchev–Trinajstić information content (AvgIpc) is 2.89. The molecule has 0 N–H and O–H groups in total. The molecule has 2 aliphatic rings. The summed E-state index contributed by atoms with van der Waals surface area (Å²) >= 11 is 3.42. The third-order valence-electron chi connectivity index (χ3n) is 3.58. The first-order valence-electron chi connectivity index (χ1n) is 5.84. The van der Waals surface area contributed by atoms with E-state index in [1.54, 1.807) is 0 Å². The molecule has 0 unspecified atom stereocenters. The van der Waals surface area contributed by atoms with Gasteiger partial charge in [0.25, 0.3) is 5.91 Å². The lowest BCUT2D eigenvalue weighted by Gasteiger charge is -2.27. The molecule has 2 saturated heterocycles. The highest BCUT2D eigenvalue weighted by Crippen LogP contribution is 2.30. The second-order valence-corrected chi connectivity index (χ2v) is 5.68. The number of nitrogens with zero attached hydrogens (tertiary/aromatic N) is 1. The first-order chi connectivity index (χ1) is 8.15. The summed E-state index contributed by atoms with van der Waals surface area (Å²) in [5, 5.41) is 0. The van der Waals surface area contributed by atoms with Crippen LogP contribution in [0.3, 0.4) is 0 Å². The fourth-order valence-corrected chi connectivity index (χ4v) is 3.15. The smallest absolute Gasteiger partial charge is 0.254 e. The van der Waals surface area contributed by atoms with Gasteiger partial charge in [-0.3, -0.25) is 4.79 Å². The van der Waals surface area contributed by atoms with Crippen molar-refractivity contribution in [3.8, 4) is 0 Å². The number of ether oxygens (including phenoxy) is 1. The first-order valence-corrected chi connectivity index (χ1v) is 6.63. The summed E-state index contributed by atoms with van der Waals surface area (Å²) in [6, 6.07) is 6.09. The van der Waals surface area contributed by atoms with Crippen molar-refractivity contribution in [2.45, 2.75) is 25.5 Å². The Morgan fingerprint density at radius 3 is 2.94 bits per heavy atom. The van der Waals surface area contributed by atoms with E-state index in [0.717, 1.165) is 28.6 Å². The Morgan fingerprint density at radius 2 is 2.35 bits per heavy atom. The van der Waals surface area contributed by atoms with Crippen LogP contribution in [0.15, 0.2) is 22.7 Å². The van der Waals surface area contributed by atoms with Crippen molar-refractivity contribution in [1.82, 2.24) is 4.90 Å². The van der Waals surface area contributed by atoms with Gasteiger partial charge < -0.3 is 9.64 Å². The van der Waals surface area contributed by atoms with Crippen LogP contribution in [0.1, 0.15) is 22.3 Å². The summed E-state index contributed by atoms with van der Waals surface area (Å²) < 4.78 is 6.53. The van der Waals surface area contributed by atoms with Crippen LogP contribution in [0, 0.1) is 6.92 Å². The molecule has 1 amide bonds. The number of fused-ring (bicyclic) bond motifs is 2. The maximum atomic E-state index is 12.4. The summed E-state index contributed by atoms with van der Waals surface area (Å²) in [5.41, 5.74) is 1.83. The molecule has 2 fully saturated rings. The molecule has 0 aromatic heterocycles. The molecule has 2 heterocycles. The topological polar surface area (TPSA) is 29.5 Å². The van der Waals surface area contributed by atoms with Gasteiger partial charge in [-0.1, -0.05) is 15.9 Å². The number of hydrogen-bond acceptors (Lipinski definition) is 2. The van der Waals surface area contributed by atoms with E-state index >= 15 is 0 Å². The quantitative estimate of drug-likeness (QED) is 0.796. The van der Waals surface area contributed by atoms with E-state index < -0.39 is 0 Å². The predicted octanol–water partition coefficient (Wildman–Crippen LogP) is 2.37. The predicted molar refractivity (Wildman–Crippen MR) is 68.1 cm³/mol. The Balaban J connectivity index is 1.87. The molecule has 0 saturated carbocycles. The van der Waals surface area contributed by atoms with Gasteiger partial charge in [-0.15, -0.1) is 0 Å². The van der Waals surface area contributed by atoms with Crippen molar-refractivity contribution < 1.29 is 9.53 Å². The normalized spacial score (nSPS) is 26.6. The molecule has 2 atom stereocenters. The largest absolute Gasteiger partial charge is 0.374 e. The number of carbonyl (C=O) groups excluding carboxylic acids is 1. The maximum Gasteiger partial charge on any atom is 0.254 e. The molecule has 2 aliphatic heterocycles. The number of hydrogen-bond donors (Lipinski definition) is 0. The zero-order chi connectivity index (χ0) is 12.0. The SMILES string of the molecule is Cc1cc(Br)ccc1C(=O)N1C[C@@H]2C[C@H]1CO2. The van der Waals surface area contributed by atoms with E-state index in [9.17, 15) is 4.79 Å². The third-order valence-corrected chi connectivity index (χ3v) is 4.07. The molecule has 3 nitrogen and oxygen atoms in total. The Hall–Kier alpha value is -0.870. The van der Waals surface area contributed by atoms with Gasteiger partial charge in [0.1, 0.15) is 0 Å². The van der Waals surface area contributed by atoms with Crippen LogP contribution in [-0.4, -0.2) is 36.1 Å². The molecule has 3 rings (SSSR count). The van der Waals surface area contributed by atoms with Crippen LogP contribution in [0.5, 0.6) is 0 Å². The summed E-state index contributed by atoms with van der Waals surface area (Å²) in [6.07, 6.45) is 1.26. The van der Waals surface area contributed by atoms with Crippen molar-refractivity contribution in [2.24, 2.45) is 0 Å². The van der Waals surface area contributed by atoms with Crippen molar-refractivity contribution in [3.63, 3.8) is 0 Å². The minimum Gasteiger partial charge on any atom is -0.374 e. The van der Waals surface area contributed by atoms with Gasteiger partial charge >= 0.3 is 0 Å². The first kappa shape index (κ1) is 11.2. The van der Waals surface area contributed by atoms with Crippen LogP contribution >= 0.6 is 15.9 Å². The standard InChI is InChI=1S/C13H14BrNO2/c1-8-4-9(14)2-3-12(8)13(16)15-6-11-5-10(15)7-17-11/h2-4,10-11H,5-7H2,1H3/t10-,11-/m0/s1. The van der Waals surface area contributed by atoms with Gasteiger partial charge in [-0.2, -0.15) is 0 Å². The van der Waals surface area contributed by atoms with E-state index in [1.165, 1.54) is 0 Å². The van der Waals surface area contributed by atoms with E-state index in [0.29, 0.717) is 6.61 Å². The summed E-state index contributed by atoms with van der Waals surface area (Å²) in [5.74, 6) is 0.144. The Morgan fingerprint density at radius 1 is 1.53 bits per heavy atom. The summed E-state index contributed by atoms with van der Waals surface area (Å²) in [6.45, 7) is 3.42. The highest BCUT2D eigenvalue weighted by molar-refractivity contribution is 9.10. The summed E-state index contributed by atoms with van der Waals surface area (Å²) in [4.78, 5) is 14.4. The van der Waals surface area contributed by atoms with E-state index in [2.05, 4.69) is 15.9 Å². The van der Waals surface area contributed by atoms with Crippen LogP contribution in [0.4, 0.5) is 0 Å². The Kier molecular flexibility index (Phi) is 2.71. The second kappa shape index (κ2) is 4.10. The maximum absolute atomic E-state index is 12.4. The van der Waals surface area contributed by atoms with Gasteiger partial charge in [0.05, 0.1) is 18.8 Å². The van der Waals surface area contributed by atoms with Crippen molar-refractivity contribution in [2.75, 3.05) is 13.2 Å². The molecule has 2 bridgehead atoms. The Bertz CT molecular complexity index is 474. The van der Waals surface area contributed by atoms with E-state index in [1.807, 2.05) is 30.0 Å². The van der Waals surface area contributed by atoms with Gasteiger partial charge in [-0.25, -0.2) is 0 Å². The minimum absolute atomic E-state index is 0.144. The molecule has 90 valence electrons. The molecule has 1 aromatic carbocycles. The molecular weight excluding hydrogens is 282 g/mol. The lowest BCUT2D eigenvalue weighted by molar-refractivity contribution is 0.0258. The van der Waals surface area contributed by atoms with Crippen molar-refractivity contribution in [3.05, 3.63) is 33.8 Å². The number of amides is 1. The van der Waals surface area contributed by atoms with Gasteiger partial charge in [0.2, 0.25) is 0 Å². The van der Waals surface area contributed by atoms with Gasteiger partial charge in [0, 0.05) is 16.6 Å². The van der Waals surface area contributed by atoms with Gasteiger partial charge in [-0.05, 0) is 37.1 Å². The van der Waals surface area contributed by atoms with Crippen LogP contribution < -0.4 is 0 Å². The minimum atomic E-state index is 0.144. The number of rotatable bonds is 1. The monoisotopic (exact) mass is 295 g/mol. The number of likely N-dealkylation sites (tertiary alicyclic amines) is 1. The van der Waals surface area contributed by atoms with E-state index in [4.69, 9.17) is 4.74 Å². The van der Waals surface area contributed by atoms with Crippen molar-refractivity contribution >= 4 is 21.8 Å². The number of benzene rings is 1. The molecule has 17 heavy (non-hydrogen) atoms. The highest BCUT2D eigenvalue weighted by Gasteiger charge is 2.41. The fourth-order valence-electron chi connectivity index (χ4n) is 2.67. The highest BCUT2D eigenvalue weighted by atomic mass is 79.9. The van der Waals surface area contributed by atoms with Crippen LogP contribution in [0.2, 0.25) is 0 Å². The van der Waals surface area contributed by atoms with Crippen molar-refractivity contribution in [1.29, 1.82) is 0 Å². The second-order valence-electron chi connectivity index (χ2n) is 4.76. The van der Waals surface area contributed by atoms with Gasteiger partial charge in [0.15, 0.2) is 0 Å². The number of halogens is 1. The van der Waals surface area contributed by atoms with Crippen LogP contribution in [-0.2, 0) is 4.74 Å². The molecule has 1 aromatic rings. The number of aryl methyl sites for hydroxylation is 1. The molecular formula is C13H14BrNO2. The zero-order valence-electron chi connectivity index (χ0n) is 9.65. The average molecular weight is 296 g/mol. The Labute approximate surface area is 109 Å². The molecule has 0 aliphatic carbocycles.